The van der Waals surface area contributed by atoms with Crippen LogP contribution in [-0.4, -0.2) is 74.7 Å². The Hall–Kier alpha value is -2.71. The molecule has 2 aliphatic heterocycles. The minimum Gasteiger partial charge on any atom is -0.388 e. The molecule has 2 aromatic rings. The number of hydrogen-bond donors (Lipinski definition) is 2. The molecule has 1 amide bonds. The predicted molar refractivity (Wildman–Crippen MR) is 137 cm³/mol. The van der Waals surface area contributed by atoms with E-state index in [-0.39, 0.29) is 30.0 Å². The molecule has 2 N–H and O–H groups in total. The zero-order chi connectivity index (χ0) is 24.8. The van der Waals surface area contributed by atoms with Crippen LogP contribution in [0.2, 0.25) is 0 Å². The van der Waals surface area contributed by atoms with Gasteiger partial charge in [-0.25, -0.2) is 4.98 Å². The summed E-state index contributed by atoms with van der Waals surface area (Å²) >= 11 is 0. The Labute approximate surface area is 208 Å². The molecular formula is C27H39N5O3. The Morgan fingerprint density at radius 2 is 1.80 bits per heavy atom. The summed E-state index contributed by atoms with van der Waals surface area (Å²) in [6, 6.07) is 11.8. The van der Waals surface area contributed by atoms with E-state index >= 15 is 0 Å². The van der Waals surface area contributed by atoms with Crippen LogP contribution in [0.15, 0.2) is 47.5 Å². The number of carbonyl (C=O) groups is 1. The average Bonchev–Trinajstić information content (AvgIpc) is 3.34. The molecule has 2 fully saturated rings. The summed E-state index contributed by atoms with van der Waals surface area (Å²) in [5.41, 5.74) is -0.0465. The lowest BCUT2D eigenvalue weighted by atomic mass is 9.90. The SMILES string of the molecule is CC(CC(=O)N1CCC(O)(Cn2cnc(N[C@@H](C)CN3CCCC3)cc2=O)CC1)c1ccccc1. The number of aliphatic hydroxyl groups is 1. The first kappa shape index (κ1) is 25.4. The van der Waals surface area contributed by atoms with Crippen LogP contribution in [-0.2, 0) is 11.3 Å². The minimum atomic E-state index is -1.02. The minimum absolute atomic E-state index is 0.112. The number of nitrogens with one attached hydrogen (secondary N) is 1. The Kier molecular flexibility index (Phi) is 8.23. The van der Waals surface area contributed by atoms with Crippen LogP contribution in [0.3, 0.4) is 0 Å². The third-order valence-corrected chi connectivity index (χ3v) is 7.37. The third kappa shape index (κ3) is 6.92. The standard InChI is InChI=1S/C27H39N5O3/c1-21(23-8-4-3-5-9-23)16-25(33)31-14-10-27(35,11-15-31)19-32-20-28-24(17-26(32)34)29-22(2)18-30-12-6-7-13-30/h3-5,8-9,17,20-22,29,35H,6-7,10-16,18-19H2,1-2H3/t21?,22-/m0/s1. The van der Waals surface area contributed by atoms with Gasteiger partial charge in [-0.05, 0) is 57.2 Å². The van der Waals surface area contributed by atoms with Crippen LogP contribution in [0.1, 0.15) is 57.4 Å². The number of anilines is 1. The van der Waals surface area contributed by atoms with Crippen molar-refractivity contribution >= 4 is 11.7 Å². The molecule has 0 bridgehead atoms. The van der Waals surface area contributed by atoms with E-state index in [1.165, 1.54) is 29.8 Å². The van der Waals surface area contributed by atoms with Crippen molar-refractivity contribution in [3.63, 3.8) is 0 Å². The first-order valence-electron chi connectivity index (χ1n) is 12.9. The maximum atomic E-state index is 12.8. The van der Waals surface area contributed by atoms with Crippen LogP contribution >= 0.6 is 0 Å². The van der Waals surface area contributed by atoms with Crippen molar-refractivity contribution < 1.29 is 9.90 Å². The fraction of sp³-hybridized carbons (Fsp3) is 0.593. The second-order valence-electron chi connectivity index (χ2n) is 10.4. The Morgan fingerprint density at radius 1 is 1.11 bits per heavy atom. The lowest BCUT2D eigenvalue weighted by Gasteiger charge is -2.38. The van der Waals surface area contributed by atoms with E-state index in [0.717, 1.165) is 25.2 Å². The number of likely N-dealkylation sites (tertiary alicyclic amines) is 2. The molecule has 8 heteroatoms. The van der Waals surface area contributed by atoms with E-state index in [9.17, 15) is 14.7 Å². The summed E-state index contributed by atoms with van der Waals surface area (Å²) in [6.07, 6.45) is 5.36. The Balaban J connectivity index is 1.27. The quantitative estimate of drug-likeness (QED) is 0.572. The number of hydrogen-bond acceptors (Lipinski definition) is 6. The highest BCUT2D eigenvalue weighted by Gasteiger charge is 2.35. The van der Waals surface area contributed by atoms with Crippen LogP contribution in [0.5, 0.6) is 0 Å². The van der Waals surface area contributed by atoms with Gasteiger partial charge in [0.1, 0.15) is 5.82 Å². The molecule has 0 aliphatic carbocycles. The smallest absolute Gasteiger partial charge is 0.255 e. The molecule has 0 saturated carbocycles. The average molecular weight is 482 g/mol. The van der Waals surface area contributed by atoms with Gasteiger partial charge in [-0.15, -0.1) is 0 Å². The van der Waals surface area contributed by atoms with E-state index < -0.39 is 5.60 Å². The van der Waals surface area contributed by atoms with Gasteiger partial charge in [0.05, 0.1) is 18.5 Å². The predicted octanol–water partition coefficient (Wildman–Crippen LogP) is 2.69. The molecule has 2 aliphatic rings. The van der Waals surface area contributed by atoms with Gasteiger partial charge in [-0.3, -0.25) is 14.2 Å². The molecule has 4 rings (SSSR count). The van der Waals surface area contributed by atoms with Crippen LogP contribution in [0.25, 0.3) is 0 Å². The van der Waals surface area contributed by atoms with Gasteiger partial charge in [0.15, 0.2) is 0 Å². The molecule has 3 heterocycles. The Bertz CT molecular complexity index is 1030. The summed E-state index contributed by atoms with van der Waals surface area (Å²) in [7, 11) is 0. The van der Waals surface area contributed by atoms with Gasteiger partial charge < -0.3 is 20.2 Å². The molecule has 35 heavy (non-hydrogen) atoms. The number of amides is 1. The summed E-state index contributed by atoms with van der Waals surface area (Å²) in [5.74, 6) is 0.831. The van der Waals surface area contributed by atoms with Crippen molar-refractivity contribution in [1.29, 1.82) is 0 Å². The van der Waals surface area contributed by atoms with Crippen molar-refractivity contribution in [3.8, 4) is 0 Å². The van der Waals surface area contributed by atoms with Gasteiger partial charge in [0, 0.05) is 38.2 Å². The molecular weight excluding hydrogens is 442 g/mol. The van der Waals surface area contributed by atoms with Crippen molar-refractivity contribution in [1.82, 2.24) is 19.4 Å². The number of aromatic nitrogens is 2. The topological polar surface area (TPSA) is 90.7 Å². The lowest BCUT2D eigenvalue weighted by Crippen LogP contribution is -2.49. The number of nitrogens with zero attached hydrogens (tertiary/aromatic N) is 4. The van der Waals surface area contributed by atoms with Gasteiger partial charge in [0.2, 0.25) is 5.91 Å². The summed E-state index contributed by atoms with van der Waals surface area (Å²) in [5, 5.41) is 14.5. The molecule has 2 saturated heterocycles. The largest absolute Gasteiger partial charge is 0.388 e. The zero-order valence-corrected chi connectivity index (χ0v) is 21.0. The first-order chi connectivity index (χ1) is 16.8. The number of carbonyl (C=O) groups excluding carboxylic acids is 1. The highest BCUT2D eigenvalue weighted by Crippen LogP contribution is 2.26. The van der Waals surface area contributed by atoms with Crippen molar-refractivity contribution in [2.75, 3.05) is 38.0 Å². The fourth-order valence-corrected chi connectivity index (χ4v) is 5.21. The van der Waals surface area contributed by atoms with Gasteiger partial charge in [-0.1, -0.05) is 37.3 Å². The van der Waals surface area contributed by atoms with Crippen LogP contribution in [0.4, 0.5) is 5.82 Å². The molecule has 1 aromatic carbocycles. The second kappa shape index (κ2) is 11.4. The molecule has 2 atom stereocenters. The lowest BCUT2D eigenvalue weighted by molar-refractivity contribution is -0.136. The van der Waals surface area contributed by atoms with E-state index in [4.69, 9.17) is 0 Å². The maximum absolute atomic E-state index is 12.8. The van der Waals surface area contributed by atoms with E-state index in [2.05, 4.69) is 29.0 Å². The fourth-order valence-electron chi connectivity index (χ4n) is 5.21. The first-order valence-corrected chi connectivity index (χ1v) is 12.9. The highest BCUT2D eigenvalue weighted by molar-refractivity contribution is 5.77. The molecule has 1 aromatic heterocycles. The van der Waals surface area contributed by atoms with Crippen molar-refractivity contribution in [2.24, 2.45) is 0 Å². The number of benzene rings is 1. The number of rotatable bonds is 9. The Morgan fingerprint density at radius 3 is 2.46 bits per heavy atom. The normalized spacial score (nSPS) is 19.9. The third-order valence-electron chi connectivity index (χ3n) is 7.37. The highest BCUT2D eigenvalue weighted by atomic mass is 16.3. The maximum Gasteiger partial charge on any atom is 0.255 e. The second-order valence-corrected chi connectivity index (χ2v) is 10.4. The van der Waals surface area contributed by atoms with Gasteiger partial charge in [0.25, 0.3) is 5.56 Å². The summed E-state index contributed by atoms with van der Waals surface area (Å²) in [6.45, 7) is 8.54. The summed E-state index contributed by atoms with van der Waals surface area (Å²) < 4.78 is 1.48. The van der Waals surface area contributed by atoms with Gasteiger partial charge >= 0.3 is 0 Å². The molecule has 190 valence electrons. The molecule has 0 radical (unpaired) electrons. The van der Waals surface area contributed by atoms with Crippen molar-refractivity contribution in [3.05, 3.63) is 58.6 Å². The van der Waals surface area contributed by atoms with E-state index in [1.54, 1.807) is 0 Å². The van der Waals surface area contributed by atoms with E-state index in [1.807, 2.05) is 35.2 Å². The van der Waals surface area contributed by atoms with Crippen molar-refractivity contribution in [2.45, 2.75) is 70.1 Å². The zero-order valence-electron chi connectivity index (χ0n) is 21.0. The molecule has 1 unspecified atom stereocenters. The molecule has 0 spiro atoms. The van der Waals surface area contributed by atoms with Crippen LogP contribution in [0, 0.1) is 0 Å². The summed E-state index contributed by atoms with van der Waals surface area (Å²) in [4.78, 5) is 34.2. The van der Waals surface area contributed by atoms with E-state index in [0.29, 0.717) is 38.2 Å². The van der Waals surface area contributed by atoms with Gasteiger partial charge in [-0.2, -0.15) is 0 Å². The molecule has 8 nitrogen and oxygen atoms in total. The monoisotopic (exact) mass is 481 g/mol. The number of piperidine rings is 1. The van der Waals surface area contributed by atoms with Crippen LogP contribution < -0.4 is 10.9 Å².